The molecule has 1 aromatic heterocycles. The third kappa shape index (κ3) is 5.86. The number of esters is 1. The summed E-state index contributed by atoms with van der Waals surface area (Å²) >= 11 is 7.23. The Morgan fingerprint density at radius 2 is 2.04 bits per heavy atom. The average molecular weight is 395 g/mol. The number of ether oxygens (including phenoxy) is 1. The van der Waals surface area contributed by atoms with Crippen molar-refractivity contribution in [2.45, 2.75) is 26.4 Å². The lowest BCUT2D eigenvalue weighted by molar-refractivity contribution is -0.153. The number of anilines is 1. The average Bonchev–Trinajstić information content (AvgIpc) is 3.12. The monoisotopic (exact) mass is 394 g/mol. The molecule has 0 aliphatic carbocycles. The molecule has 26 heavy (non-hydrogen) atoms. The van der Waals surface area contributed by atoms with Crippen LogP contribution in [0.1, 0.15) is 28.6 Å². The molecular weight excluding hydrogens is 376 g/mol. The van der Waals surface area contributed by atoms with Crippen molar-refractivity contribution in [3.63, 3.8) is 0 Å². The lowest BCUT2D eigenvalue weighted by Crippen LogP contribution is -2.32. The molecule has 2 rings (SSSR count). The predicted molar refractivity (Wildman–Crippen MR) is 102 cm³/mol. The summed E-state index contributed by atoms with van der Waals surface area (Å²) in [4.78, 5) is 36.3. The van der Waals surface area contributed by atoms with Gasteiger partial charge in [0, 0.05) is 17.3 Å². The largest absolute Gasteiger partial charge is 0.452 e. The maximum atomic E-state index is 12.1. The minimum Gasteiger partial charge on any atom is -0.452 e. The van der Waals surface area contributed by atoms with Crippen molar-refractivity contribution in [2.75, 3.05) is 11.9 Å². The van der Waals surface area contributed by atoms with Crippen molar-refractivity contribution in [2.24, 2.45) is 0 Å². The minimum atomic E-state index is -0.964. The second-order valence-electron chi connectivity index (χ2n) is 5.56. The number of hydrogen-bond acceptors (Lipinski definition) is 5. The Kier molecular flexibility index (Phi) is 7.17. The molecule has 0 saturated heterocycles. The van der Waals surface area contributed by atoms with Crippen molar-refractivity contribution < 1.29 is 19.1 Å². The maximum Gasteiger partial charge on any atom is 0.308 e. The Morgan fingerprint density at radius 1 is 1.27 bits per heavy atom. The number of nitrogens with one attached hydrogen (secondary N) is 2. The first-order valence-electron chi connectivity index (χ1n) is 7.95. The van der Waals surface area contributed by atoms with E-state index in [1.165, 1.54) is 18.3 Å². The molecule has 2 amide bonds. The van der Waals surface area contributed by atoms with Crippen LogP contribution < -0.4 is 10.6 Å². The number of halogens is 1. The van der Waals surface area contributed by atoms with Crippen LogP contribution in [0.3, 0.4) is 0 Å². The van der Waals surface area contributed by atoms with Crippen LogP contribution in [0.15, 0.2) is 35.7 Å². The molecule has 138 valence electrons. The quantitative estimate of drug-likeness (QED) is 0.705. The Morgan fingerprint density at radius 3 is 2.73 bits per heavy atom. The van der Waals surface area contributed by atoms with Crippen LogP contribution in [-0.4, -0.2) is 30.4 Å². The molecule has 1 atom stereocenters. The number of amides is 2. The van der Waals surface area contributed by atoms with Crippen molar-refractivity contribution in [1.29, 1.82) is 0 Å². The molecule has 2 aromatic rings. The van der Waals surface area contributed by atoms with Gasteiger partial charge in [0.15, 0.2) is 6.10 Å². The molecule has 0 spiro atoms. The van der Waals surface area contributed by atoms with Gasteiger partial charge in [0.25, 0.3) is 11.8 Å². The molecule has 1 heterocycles. The number of aryl methyl sites for hydroxylation is 1. The van der Waals surface area contributed by atoms with Gasteiger partial charge in [0.05, 0.1) is 11.3 Å². The summed E-state index contributed by atoms with van der Waals surface area (Å²) in [6.07, 6.45) is -0.987. The fourth-order valence-corrected chi connectivity index (χ4v) is 2.86. The van der Waals surface area contributed by atoms with Gasteiger partial charge in [-0.25, -0.2) is 0 Å². The van der Waals surface area contributed by atoms with Crippen LogP contribution in [0.25, 0.3) is 0 Å². The molecule has 0 fully saturated rings. The molecule has 0 radical (unpaired) electrons. The van der Waals surface area contributed by atoms with E-state index in [2.05, 4.69) is 10.6 Å². The highest BCUT2D eigenvalue weighted by Crippen LogP contribution is 2.20. The normalized spacial score (nSPS) is 11.5. The van der Waals surface area contributed by atoms with Crippen LogP contribution in [0, 0.1) is 6.92 Å². The van der Waals surface area contributed by atoms with Gasteiger partial charge in [0.2, 0.25) is 0 Å². The van der Waals surface area contributed by atoms with Gasteiger partial charge < -0.3 is 15.4 Å². The summed E-state index contributed by atoms with van der Waals surface area (Å²) in [6.45, 7) is 3.45. The van der Waals surface area contributed by atoms with E-state index in [0.29, 0.717) is 15.6 Å². The van der Waals surface area contributed by atoms with Crippen molar-refractivity contribution in [1.82, 2.24) is 5.32 Å². The fraction of sp³-hybridized carbons (Fsp3) is 0.278. The summed E-state index contributed by atoms with van der Waals surface area (Å²) in [7, 11) is 0. The van der Waals surface area contributed by atoms with E-state index in [-0.39, 0.29) is 18.9 Å². The van der Waals surface area contributed by atoms with Crippen molar-refractivity contribution >= 4 is 46.4 Å². The molecule has 6 nitrogen and oxygen atoms in total. The first-order valence-corrected chi connectivity index (χ1v) is 9.21. The molecule has 1 aromatic carbocycles. The Labute approximate surface area is 160 Å². The molecular formula is C18H19ClN2O4S. The smallest absolute Gasteiger partial charge is 0.308 e. The van der Waals surface area contributed by atoms with E-state index in [1.807, 2.05) is 6.92 Å². The number of carbonyl (C=O) groups excluding carboxylic acids is 3. The molecule has 2 N–H and O–H groups in total. The fourth-order valence-electron chi connectivity index (χ4n) is 2.05. The SMILES string of the molecule is Cc1ccc(Cl)cc1NC(=O)C(C)OC(=O)CCNC(=O)c1cccs1. The van der Waals surface area contributed by atoms with E-state index < -0.39 is 18.0 Å². The zero-order valence-electron chi connectivity index (χ0n) is 14.4. The summed E-state index contributed by atoms with van der Waals surface area (Å²) in [5, 5.41) is 7.60. The summed E-state index contributed by atoms with van der Waals surface area (Å²) < 4.78 is 5.09. The molecule has 0 aliphatic heterocycles. The molecule has 1 unspecified atom stereocenters. The molecule has 0 bridgehead atoms. The topological polar surface area (TPSA) is 84.5 Å². The van der Waals surface area contributed by atoms with Gasteiger partial charge in [-0.05, 0) is 43.0 Å². The Hall–Kier alpha value is -2.38. The van der Waals surface area contributed by atoms with Gasteiger partial charge in [-0.15, -0.1) is 11.3 Å². The van der Waals surface area contributed by atoms with Gasteiger partial charge in [-0.1, -0.05) is 23.7 Å². The van der Waals surface area contributed by atoms with E-state index >= 15 is 0 Å². The van der Waals surface area contributed by atoms with E-state index in [9.17, 15) is 14.4 Å². The minimum absolute atomic E-state index is 0.0229. The van der Waals surface area contributed by atoms with E-state index in [1.54, 1.807) is 35.7 Å². The second kappa shape index (κ2) is 9.35. The Balaban J connectivity index is 1.76. The van der Waals surface area contributed by atoms with Crippen LogP contribution in [-0.2, 0) is 14.3 Å². The number of rotatable bonds is 7. The highest BCUT2D eigenvalue weighted by atomic mass is 35.5. The van der Waals surface area contributed by atoms with Crippen LogP contribution in [0.4, 0.5) is 5.69 Å². The van der Waals surface area contributed by atoms with E-state index in [4.69, 9.17) is 16.3 Å². The van der Waals surface area contributed by atoms with Gasteiger partial charge in [-0.3, -0.25) is 14.4 Å². The zero-order chi connectivity index (χ0) is 19.1. The summed E-state index contributed by atoms with van der Waals surface area (Å²) in [5.74, 6) is -1.26. The summed E-state index contributed by atoms with van der Waals surface area (Å²) in [5.41, 5.74) is 1.41. The number of benzene rings is 1. The molecule has 0 aliphatic rings. The highest BCUT2D eigenvalue weighted by Gasteiger charge is 2.19. The zero-order valence-corrected chi connectivity index (χ0v) is 15.9. The highest BCUT2D eigenvalue weighted by molar-refractivity contribution is 7.12. The first kappa shape index (κ1) is 19.9. The summed E-state index contributed by atoms with van der Waals surface area (Å²) in [6, 6.07) is 8.60. The maximum absolute atomic E-state index is 12.1. The first-order chi connectivity index (χ1) is 12.4. The molecule has 8 heteroatoms. The van der Waals surface area contributed by atoms with Crippen LogP contribution in [0.2, 0.25) is 5.02 Å². The van der Waals surface area contributed by atoms with Crippen LogP contribution in [0.5, 0.6) is 0 Å². The predicted octanol–water partition coefficient (Wildman–Crippen LogP) is 3.40. The third-order valence-corrected chi connectivity index (χ3v) is 4.60. The molecule has 0 saturated carbocycles. The van der Waals surface area contributed by atoms with Gasteiger partial charge >= 0.3 is 5.97 Å². The Bertz CT molecular complexity index is 792. The van der Waals surface area contributed by atoms with Gasteiger partial charge in [0.1, 0.15) is 0 Å². The standard InChI is InChI=1S/C18H19ClN2O4S/c1-11-5-6-13(19)10-14(11)21-17(23)12(2)25-16(22)7-8-20-18(24)15-4-3-9-26-15/h3-6,9-10,12H,7-8H2,1-2H3,(H,20,24)(H,21,23). The number of hydrogen-bond donors (Lipinski definition) is 2. The lowest BCUT2D eigenvalue weighted by Gasteiger charge is -2.15. The van der Waals surface area contributed by atoms with E-state index in [0.717, 1.165) is 5.56 Å². The van der Waals surface area contributed by atoms with Crippen LogP contribution >= 0.6 is 22.9 Å². The second-order valence-corrected chi connectivity index (χ2v) is 6.95. The van der Waals surface area contributed by atoms with Crippen molar-refractivity contribution in [3.8, 4) is 0 Å². The van der Waals surface area contributed by atoms with Gasteiger partial charge in [-0.2, -0.15) is 0 Å². The van der Waals surface area contributed by atoms with Crippen molar-refractivity contribution in [3.05, 3.63) is 51.2 Å². The number of thiophene rings is 1. The number of carbonyl (C=O) groups is 3. The lowest BCUT2D eigenvalue weighted by atomic mass is 10.2. The third-order valence-electron chi connectivity index (χ3n) is 3.49.